The predicted octanol–water partition coefficient (Wildman–Crippen LogP) is 3.11. The van der Waals surface area contributed by atoms with Crippen molar-refractivity contribution < 1.29 is 22.7 Å². The molecule has 2 aromatic rings. The van der Waals surface area contributed by atoms with Crippen molar-refractivity contribution >= 4 is 5.91 Å². The van der Waals surface area contributed by atoms with Crippen molar-refractivity contribution in [3.05, 3.63) is 47.3 Å². The van der Waals surface area contributed by atoms with E-state index in [1.165, 1.54) is 18.2 Å². The molecule has 1 aromatic carbocycles. The van der Waals surface area contributed by atoms with Crippen LogP contribution in [0.15, 0.2) is 30.3 Å². The number of benzene rings is 1. The topological polar surface area (TPSA) is 56.2 Å². The van der Waals surface area contributed by atoms with Gasteiger partial charge in [-0.3, -0.25) is 9.48 Å². The first kappa shape index (κ1) is 17.8. The number of para-hydroxylation sites is 1. The van der Waals surface area contributed by atoms with E-state index < -0.39 is 6.36 Å². The molecule has 1 heterocycles. The molecule has 24 heavy (non-hydrogen) atoms. The molecule has 1 aromatic heterocycles. The Labute approximate surface area is 137 Å². The highest BCUT2D eigenvalue weighted by atomic mass is 19.4. The van der Waals surface area contributed by atoms with E-state index in [4.69, 9.17) is 0 Å². The largest absolute Gasteiger partial charge is 0.573 e. The Hall–Kier alpha value is -2.51. The number of hydrogen-bond acceptors (Lipinski definition) is 3. The molecule has 5 nitrogen and oxygen atoms in total. The van der Waals surface area contributed by atoms with Crippen LogP contribution in [0, 0.1) is 13.8 Å². The molecule has 0 radical (unpaired) electrons. The molecular formula is C16H18F3N3O2. The molecule has 130 valence electrons. The Morgan fingerprint density at radius 2 is 2.00 bits per heavy atom. The van der Waals surface area contributed by atoms with Gasteiger partial charge in [0.25, 0.3) is 0 Å². The van der Waals surface area contributed by atoms with Crippen LogP contribution in [0.5, 0.6) is 5.75 Å². The minimum absolute atomic E-state index is 0.0395. The number of nitrogens with zero attached hydrogens (tertiary/aromatic N) is 2. The lowest BCUT2D eigenvalue weighted by Crippen LogP contribution is -2.25. The van der Waals surface area contributed by atoms with Crippen LogP contribution >= 0.6 is 0 Å². The first-order chi connectivity index (χ1) is 11.2. The average Bonchev–Trinajstić information content (AvgIpc) is 2.80. The van der Waals surface area contributed by atoms with Gasteiger partial charge in [-0.2, -0.15) is 5.10 Å². The molecule has 0 saturated heterocycles. The van der Waals surface area contributed by atoms with Gasteiger partial charge in [0.1, 0.15) is 5.75 Å². The summed E-state index contributed by atoms with van der Waals surface area (Å²) in [7, 11) is 0. The smallest absolute Gasteiger partial charge is 0.405 e. The number of carbonyl (C=O) groups is 1. The summed E-state index contributed by atoms with van der Waals surface area (Å²) < 4.78 is 42.7. The number of rotatable bonds is 6. The quantitative estimate of drug-likeness (QED) is 0.878. The molecule has 0 atom stereocenters. The van der Waals surface area contributed by atoms with E-state index in [9.17, 15) is 18.0 Å². The van der Waals surface area contributed by atoms with Crippen LogP contribution in [0.3, 0.4) is 0 Å². The van der Waals surface area contributed by atoms with Crippen LogP contribution in [0.4, 0.5) is 13.2 Å². The lowest BCUT2D eigenvalue weighted by atomic mass is 10.2. The standard InChI is InChI=1S/C16H18F3N3O2/c1-11-9-12(2)22(21-11)8-7-15(23)20-10-13-5-3-4-6-14(13)24-16(17,18)19/h3-6,9H,7-8,10H2,1-2H3,(H,20,23). The maximum atomic E-state index is 12.3. The fourth-order valence-corrected chi connectivity index (χ4v) is 2.27. The normalized spacial score (nSPS) is 11.4. The van der Waals surface area contributed by atoms with E-state index in [0.29, 0.717) is 6.54 Å². The molecule has 1 N–H and O–H groups in total. The second-order valence-corrected chi connectivity index (χ2v) is 5.33. The average molecular weight is 341 g/mol. The molecule has 0 saturated carbocycles. The zero-order chi connectivity index (χ0) is 17.7. The summed E-state index contributed by atoms with van der Waals surface area (Å²) in [6.45, 7) is 4.12. The SMILES string of the molecule is Cc1cc(C)n(CCC(=O)NCc2ccccc2OC(F)(F)F)n1. The summed E-state index contributed by atoms with van der Waals surface area (Å²) in [5.74, 6) is -0.590. The molecule has 0 spiro atoms. The van der Waals surface area contributed by atoms with Crippen molar-refractivity contribution in [3.8, 4) is 5.75 Å². The Balaban J connectivity index is 1.89. The number of ether oxygens (including phenoxy) is 1. The minimum atomic E-state index is -4.77. The van der Waals surface area contributed by atoms with Crippen molar-refractivity contribution in [1.29, 1.82) is 0 Å². The van der Waals surface area contributed by atoms with Gasteiger partial charge in [-0.1, -0.05) is 18.2 Å². The van der Waals surface area contributed by atoms with E-state index in [2.05, 4.69) is 15.2 Å². The second kappa shape index (κ2) is 7.37. The van der Waals surface area contributed by atoms with Gasteiger partial charge in [0.05, 0.1) is 5.69 Å². The maximum Gasteiger partial charge on any atom is 0.573 e. The molecular weight excluding hydrogens is 323 g/mol. The van der Waals surface area contributed by atoms with Gasteiger partial charge >= 0.3 is 6.36 Å². The molecule has 1 amide bonds. The molecule has 0 aliphatic carbocycles. The molecule has 2 rings (SSSR count). The highest BCUT2D eigenvalue weighted by Crippen LogP contribution is 2.26. The van der Waals surface area contributed by atoms with Gasteiger partial charge in [-0.25, -0.2) is 0 Å². The molecule has 8 heteroatoms. The fraction of sp³-hybridized carbons (Fsp3) is 0.375. The van der Waals surface area contributed by atoms with Crippen LogP contribution in [0.1, 0.15) is 23.4 Å². The van der Waals surface area contributed by atoms with Crippen molar-refractivity contribution in [3.63, 3.8) is 0 Å². The third kappa shape index (κ3) is 5.29. The molecule has 0 aliphatic rings. The third-order valence-corrected chi connectivity index (χ3v) is 3.33. The Morgan fingerprint density at radius 1 is 1.29 bits per heavy atom. The maximum absolute atomic E-state index is 12.3. The summed E-state index contributed by atoms with van der Waals surface area (Å²) in [5.41, 5.74) is 2.07. The first-order valence-electron chi connectivity index (χ1n) is 7.36. The molecule has 0 unspecified atom stereocenters. The number of halogens is 3. The zero-order valence-electron chi connectivity index (χ0n) is 13.4. The predicted molar refractivity (Wildman–Crippen MR) is 81.3 cm³/mol. The van der Waals surface area contributed by atoms with Crippen molar-refractivity contribution in [2.45, 2.75) is 39.7 Å². The first-order valence-corrected chi connectivity index (χ1v) is 7.36. The number of hydrogen-bond donors (Lipinski definition) is 1. The van der Waals surface area contributed by atoms with Crippen LogP contribution in [0.2, 0.25) is 0 Å². The van der Waals surface area contributed by atoms with Gasteiger partial charge in [-0.15, -0.1) is 13.2 Å². The Morgan fingerprint density at radius 3 is 2.62 bits per heavy atom. The number of aromatic nitrogens is 2. The number of alkyl halides is 3. The number of carbonyl (C=O) groups excluding carboxylic acids is 1. The van der Waals surface area contributed by atoms with Gasteiger partial charge < -0.3 is 10.1 Å². The molecule has 0 aliphatic heterocycles. The zero-order valence-corrected chi connectivity index (χ0v) is 13.4. The van der Waals surface area contributed by atoms with Crippen LogP contribution < -0.4 is 10.1 Å². The van der Waals surface area contributed by atoms with Crippen LogP contribution in [-0.2, 0) is 17.9 Å². The number of amides is 1. The fourth-order valence-electron chi connectivity index (χ4n) is 2.27. The van der Waals surface area contributed by atoms with E-state index in [-0.39, 0.29) is 30.2 Å². The van der Waals surface area contributed by atoms with E-state index >= 15 is 0 Å². The lowest BCUT2D eigenvalue weighted by molar-refractivity contribution is -0.274. The van der Waals surface area contributed by atoms with Gasteiger partial charge in [0.15, 0.2) is 0 Å². The van der Waals surface area contributed by atoms with Crippen molar-refractivity contribution in [2.24, 2.45) is 0 Å². The lowest BCUT2D eigenvalue weighted by Gasteiger charge is -2.13. The third-order valence-electron chi connectivity index (χ3n) is 3.33. The summed E-state index contributed by atoms with van der Waals surface area (Å²) in [4.78, 5) is 11.9. The van der Waals surface area contributed by atoms with Crippen LogP contribution in [0.25, 0.3) is 0 Å². The summed E-state index contributed by atoms with van der Waals surface area (Å²) >= 11 is 0. The number of aryl methyl sites for hydroxylation is 3. The van der Waals surface area contributed by atoms with Crippen molar-refractivity contribution in [1.82, 2.24) is 15.1 Å². The molecule has 0 bridgehead atoms. The van der Waals surface area contributed by atoms with Crippen molar-refractivity contribution in [2.75, 3.05) is 0 Å². The summed E-state index contributed by atoms with van der Waals surface area (Å²) in [6, 6.07) is 7.62. The Bertz CT molecular complexity index is 711. The number of nitrogens with one attached hydrogen (secondary N) is 1. The molecule has 0 fully saturated rings. The highest BCUT2D eigenvalue weighted by Gasteiger charge is 2.31. The van der Waals surface area contributed by atoms with Crippen LogP contribution in [-0.4, -0.2) is 22.1 Å². The summed E-state index contributed by atoms with van der Waals surface area (Å²) in [5, 5.41) is 6.84. The monoisotopic (exact) mass is 341 g/mol. The Kier molecular flexibility index (Phi) is 5.48. The van der Waals surface area contributed by atoms with E-state index in [1.54, 1.807) is 10.7 Å². The van der Waals surface area contributed by atoms with Gasteiger partial charge in [0.2, 0.25) is 5.91 Å². The summed E-state index contributed by atoms with van der Waals surface area (Å²) in [6.07, 6.45) is -4.58. The van der Waals surface area contributed by atoms with Gasteiger partial charge in [-0.05, 0) is 26.0 Å². The van der Waals surface area contributed by atoms with E-state index in [0.717, 1.165) is 11.4 Å². The van der Waals surface area contributed by atoms with E-state index in [1.807, 2.05) is 19.9 Å². The van der Waals surface area contributed by atoms with Gasteiger partial charge in [0, 0.05) is 30.8 Å². The highest BCUT2D eigenvalue weighted by molar-refractivity contribution is 5.75. The minimum Gasteiger partial charge on any atom is -0.405 e. The second-order valence-electron chi connectivity index (χ2n) is 5.33.